The number of piperazine rings is 1. The van der Waals surface area contributed by atoms with E-state index in [2.05, 4.69) is 17.0 Å². The van der Waals surface area contributed by atoms with Crippen LogP contribution in [0.1, 0.15) is 5.56 Å². The van der Waals surface area contributed by atoms with Gasteiger partial charge < -0.3 is 39.4 Å². The minimum Gasteiger partial charge on any atom is -0.545 e. The third-order valence-corrected chi connectivity index (χ3v) is 5.20. The molecule has 0 aromatic heterocycles. The molecule has 1 unspecified atom stereocenters. The number of quaternary nitrogens is 1. The Hall–Kier alpha value is -3.40. The predicted octanol–water partition coefficient (Wildman–Crippen LogP) is -0.645. The first-order valence-corrected chi connectivity index (χ1v) is 11.0. The van der Waals surface area contributed by atoms with E-state index in [4.69, 9.17) is 14.6 Å². The quantitative estimate of drug-likeness (QED) is 0.390. The number of rotatable bonds is 10. The number of benzene rings is 2. The van der Waals surface area contributed by atoms with Gasteiger partial charge in [0.25, 0.3) is 0 Å². The first-order chi connectivity index (χ1) is 16.4. The lowest BCUT2D eigenvalue weighted by Crippen LogP contribution is -3.16. The maximum absolute atomic E-state index is 10.3. The fourth-order valence-electron chi connectivity index (χ4n) is 3.51. The second-order valence-corrected chi connectivity index (χ2v) is 7.79. The molecule has 1 heterocycles. The molecule has 1 atom stereocenters. The van der Waals surface area contributed by atoms with Crippen LogP contribution in [0.25, 0.3) is 0 Å². The summed E-state index contributed by atoms with van der Waals surface area (Å²) in [7, 11) is 1.70. The Labute approximate surface area is 199 Å². The van der Waals surface area contributed by atoms with Crippen molar-refractivity contribution in [3.63, 3.8) is 0 Å². The highest BCUT2D eigenvalue weighted by Gasteiger charge is 2.22. The van der Waals surface area contributed by atoms with Gasteiger partial charge in [-0.2, -0.15) is 0 Å². The molecule has 0 saturated carbocycles. The zero-order valence-electron chi connectivity index (χ0n) is 19.3. The van der Waals surface area contributed by atoms with Crippen molar-refractivity contribution < 1.29 is 39.3 Å². The van der Waals surface area contributed by atoms with E-state index in [1.54, 1.807) is 7.11 Å². The number of hydrogen-bond acceptors (Lipinski definition) is 7. The van der Waals surface area contributed by atoms with Gasteiger partial charge in [-0.15, -0.1) is 0 Å². The van der Waals surface area contributed by atoms with Crippen LogP contribution in [0.5, 0.6) is 5.75 Å². The number of ether oxygens (including phenoxy) is 2. The summed E-state index contributed by atoms with van der Waals surface area (Å²) in [6.07, 6.45) is 0.523. The largest absolute Gasteiger partial charge is 0.545 e. The molecule has 0 aliphatic carbocycles. The Morgan fingerprint density at radius 1 is 1.12 bits per heavy atom. The topological polar surface area (TPSA) is 124 Å². The fourth-order valence-corrected chi connectivity index (χ4v) is 3.51. The number of hydrogen-bond donors (Lipinski definition) is 3. The summed E-state index contributed by atoms with van der Waals surface area (Å²) < 4.78 is 11.0. The van der Waals surface area contributed by atoms with E-state index in [1.165, 1.54) is 10.6 Å². The lowest BCUT2D eigenvalue weighted by Gasteiger charge is -2.34. The Bertz CT molecular complexity index is 896. The number of nitrogens with one attached hydrogen (secondary N) is 1. The number of carbonyl (C=O) groups is 2. The Kier molecular flexibility index (Phi) is 11.6. The van der Waals surface area contributed by atoms with Crippen LogP contribution in [0.3, 0.4) is 0 Å². The second kappa shape index (κ2) is 14.7. The smallest absolute Gasteiger partial charge is 0.328 e. The highest BCUT2D eigenvalue weighted by atomic mass is 16.5. The first-order valence-electron chi connectivity index (χ1n) is 11.0. The summed E-state index contributed by atoms with van der Waals surface area (Å²) >= 11 is 0. The van der Waals surface area contributed by atoms with Crippen LogP contribution in [-0.2, 0) is 20.9 Å². The summed E-state index contributed by atoms with van der Waals surface area (Å²) in [5.74, 6) is -1.91. The van der Waals surface area contributed by atoms with E-state index in [9.17, 15) is 19.8 Å². The fraction of sp³-hybridized carbons (Fsp3) is 0.360. The van der Waals surface area contributed by atoms with Gasteiger partial charge in [0.05, 0.1) is 52.5 Å². The zero-order valence-corrected chi connectivity index (χ0v) is 19.3. The molecule has 0 spiro atoms. The Balaban J connectivity index is 0.000000440. The van der Waals surface area contributed by atoms with E-state index < -0.39 is 18.0 Å². The van der Waals surface area contributed by atoms with Crippen molar-refractivity contribution in [1.29, 1.82) is 0 Å². The maximum Gasteiger partial charge on any atom is 0.328 e. The maximum atomic E-state index is 10.3. The van der Waals surface area contributed by atoms with Gasteiger partial charge in [0.1, 0.15) is 18.4 Å². The van der Waals surface area contributed by atoms with Gasteiger partial charge in [-0.25, -0.2) is 4.79 Å². The molecule has 9 heteroatoms. The van der Waals surface area contributed by atoms with Gasteiger partial charge >= 0.3 is 5.97 Å². The van der Waals surface area contributed by atoms with Crippen molar-refractivity contribution in [2.75, 3.05) is 51.3 Å². The van der Waals surface area contributed by atoms with E-state index >= 15 is 0 Å². The van der Waals surface area contributed by atoms with Crippen LogP contribution >= 0.6 is 0 Å². The first kappa shape index (κ1) is 26.8. The molecule has 3 N–H and O–H groups in total. The lowest BCUT2D eigenvalue weighted by molar-refractivity contribution is -0.903. The van der Waals surface area contributed by atoms with Gasteiger partial charge in [0.15, 0.2) is 0 Å². The minimum absolute atomic E-state index is 0.387. The summed E-state index contributed by atoms with van der Waals surface area (Å²) in [4.78, 5) is 22.8. The molecule has 0 bridgehead atoms. The van der Waals surface area contributed by atoms with Gasteiger partial charge in [-0.1, -0.05) is 36.4 Å². The van der Waals surface area contributed by atoms with Crippen LogP contribution in [0.2, 0.25) is 0 Å². The molecule has 0 radical (unpaired) electrons. The molecule has 9 nitrogen and oxygen atoms in total. The number of aliphatic hydroxyl groups is 1. The number of anilines is 1. The molecule has 3 rings (SSSR count). The number of aliphatic carboxylic acids is 2. The summed E-state index contributed by atoms with van der Waals surface area (Å²) in [6, 6.07) is 18.3. The van der Waals surface area contributed by atoms with Crippen LogP contribution in [0.15, 0.2) is 66.7 Å². The summed E-state index contributed by atoms with van der Waals surface area (Å²) in [6.45, 7) is 5.69. The third-order valence-electron chi connectivity index (χ3n) is 5.20. The van der Waals surface area contributed by atoms with Gasteiger partial charge in [-0.05, 0) is 23.8 Å². The van der Waals surface area contributed by atoms with Crippen LogP contribution in [0.4, 0.5) is 5.69 Å². The number of methoxy groups -OCH3 is 1. The molecular formula is C25H32N2O7. The molecular weight excluding hydrogens is 440 g/mol. The monoisotopic (exact) mass is 472 g/mol. The van der Waals surface area contributed by atoms with Gasteiger partial charge in [-0.3, -0.25) is 0 Å². The lowest BCUT2D eigenvalue weighted by atomic mass is 10.2. The molecule has 2 aromatic carbocycles. The molecule has 2 aromatic rings. The summed E-state index contributed by atoms with van der Waals surface area (Å²) in [5.41, 5.74) is 2.34. The van der Waals surface area contributed by atoms with E-state index in [-0.39, 0.29) is 0 Å². The minimum atomic E-state index is -1.51. The standard InChI is InChI=1S/C21H28N2O3.C4H4O4/c1-25-21-9-5-8-19(14-21)23-12-10-22(11-13-23)15-20(24)17-26-16-18-6-3-2-4-7-18;5-3(6)1-2-4(7)8/h2-9,14,20,24H,10-13,15-17H2,1H3;1-2H,(H,5,6)(H,7,8)/b;2-1+. The highest BCUT2D eigenvalue weighted by molar-refractivity contribution is 5.88. The van der Waals surface area contributed by atoms with E-state index in [0.29, 0.717) is 25.4 Å². The van der Waals surface area contributed by atoms with Crippen LogP contribution < -0.4 is 19.6 Å². The van der Waals surface area contributed by atoms with Gasteiger partial charge in [0, 0.05) is 17.8 Å². The average molecular weight is 473 g/mol. The molecule has 184 valence electrons. The normalized spacial score (nSPS) is 14.8. The molecule has 1 aliphatic rings. The van der Waals surface area contributed by atoms with Crippen molar-refractivity contribution in [1.82, 2.24) is 0 Å². The number of aliphatic hydroxyl groups excluding tert-OH is 1. The highest BCUT2D eigenvalue weighted by Crippen LogP contribution is 2.20. The second-order valence-electron chi connectivity index (χ2n) is 7.79. The molecule has 34 heavy (non-hydrogen) atoms. The average Bonchev–Trinajstić information content (AvgIpc) is 2.84. The zero-order chi connectivity index (χ0) is 24.8. The molecule has 0 amide bonds. The van der Waals surface area contributed by atoms with E-state index in [1.807, 2.05) is 42.5 Å². The SMILES string of the molecule is COc1cccc(N2CC[NH+](CC(O)COCc3ccccc3)CC2)c1.O=C([O-])/C=C/C(=O)O. The van der Waals surface area contributed by atoms with Crippen LogP contribution in [0, 0.1) is 0 Å². The van der Waals surface area contributed by atoms with Crippen molar-refractivity contribution in [2.45, 2.75) is 12.7 Å². The van der Waals surface area contributed by atoms with Crippen molar-refractivity contribution >= 4 is 17.6 Å². The third kappa shape index (κ3) is 10.5. The Morgan fingerprint density at radius 3 is 2.41 bits per heavy atom. The van der Waals surface area contributed by atoms with Crippen molar-refractivity contribution in [3.05, 3.63) is 72.3 Å². The van der Waals surface area contributed by atoms with Crippen LogP contribution in [-0.4, -0.2) is 74.7 Å². The van der Waals surface area contributed by atoms with Crippen molar-refractivity contribution in [3.8, 4) is 5.75 Å². The van der Waals surface area contributed by atoms with E-state index in [0.717, 1.165) is 44.0 Å². The van der Waals surface area contributed by atoms with Gasteiger partial charge in [0.2, 0.25) is 0 Å². The molecule has 1 fully saturated rings. The number of carboxylic acids is 2. The predicted molar refractivity (Wildman–Crippen MR) is 125 cm³/mol. The molecule has 1 saturated heterocycles. The van der Waals surface area contributed by atoms with Crippen molar-refractivity contribution in [2.24, 2.45) is 0 Å². The number of nitrogens with zero attached hydrogens (tertiary/aromatic N) is 1. The Morgan fingerprint density at radius 2 is 1.82 bits per heavy atom. The number of carbonyl (C=O) groups excluding carboxylic acids is 1. The summed E-state index contributed by atoms with van der Waals surface area (Å²) in [5, 5.41) is 27.5. The molecule has 1 aliphatic heterocycles. The number of carboxylic acid groups (broad SMARTS) is 2.